The van der Waals surface area contributed by atoms with E-state index in [1.54, 1.807) is 0 Å². The lowest BCUT2D eigenvalue weighted by molar-refractivity contribution is 0.483. The van der Waals surface area contributed by atoms with Crippen LogP contribution in [0.5, 0.6) is 0 Å². The Morgan fingerprint density at radius 2 is 2.30 bits per heavy atom. The SMILES string of the molecule is NC1CCC(C[PH](=O)O)C1. The van der Waals surface area contributed by atoms with Crippen LogP contribution in [0.15, 0.2) is 0 Å². The second-order valence-corrected chi connectivity index (χ2v) is 4.23. The largest absolute Gasteiger partial charge is 0.346 e. The summed E-state index contributed by atoms with van der Waals surface area (Å²) in [6.45, 7) is 0. The molecule has 0 radical (unpaired) electrons. The Bertz CT molecular complexity index is 140. The maximum atomic E-state index is 10.4. The summed E-state index contributed by atoms with van der Waals surface area (Å²) in [5.74, 6) is 0.423. The Kier molecular flexibility index (Phi) is 2.90. The molecule has 60 valence electrons. The quantitative estimate of drug-likeness (QED) is 0.585. The Balaban J connectivity index is 2.24. The van der Waals surface area contributed by atoms with Crippen molar-refractivity contribution < 1.29 is 9.46 Å². The van der Waals surface area contributed by atoms with Gasteiger partial charge in [-0.3, -0.25) is 4.57 Å². The van der Waals surface area contributed by atoms with Crippen LogP contribution in [0.1, 0.15) is 19.3 Å². The van der Waals surface area contributed by atoms with E-state index >= 15 is 0 Å². The molecule has 0 heterocycles. The van der Waals surface area contributed by atoms with Gasteiger partial charge in [0, 0.05) is 12.2 Å². The third-order valence-corrected chi connectivity index (χ3v) is 2.97. The predicted molar refractivity (Wildman–Crippen MR) is 41.4 cm³/mol. The molecular weight excluding hydrogens is 149 g/mol. The van der Waals surface area contributed by atoms with Crippen molar-refractivity contribution in [2.24, 2.45) is 11.7 Å². The van der Waals surface area contributed by atoms with E-state index in [0.29, 0.717) is 12.1 Å². The molecule has 3 atom stereocenters. The second kappa shape index (κ2) is 3.51. The number of hydrogen-bond acceptors (Lipinski definition) is 2. The summed E-state index contributed by atoms with van der Waals surface area (Å²) >= 11 is 0. The molecule has 0 amide bonds. The van der Waals surface area contributed by atoms with Gasteiger partial charge in [-0.25, -0.2) is 0 Å². The zero-order valence-electron chi connectivity index (χ0n) is 5.92. The highest BCUT2D eigenvalue weighted by Crippen LogP contribution is 2.30. The van der Waals surface area contributed by atoms with Crippen LogP contribution < -0.4 is 5.73 Å². The van der Waals surface area contributed by atoms with Gasteiger partial charge < -0.3 is 10.6 Å². The van der Waals surface area contributed by atoms with Gasteiger partial charge >= 0.3 is 0 Å². The van der Waals surface area contributed by atoms with Crippen LogP contribution in [0.3, 0.4) is 0 Å². The molecule has 0 saturated heterocycles. The summed E-state index contributed by atoms with van der Waals surface area (Å²) in [5, 5.41) is 0. The first-order valence-corrected chi connectivity index (χ1v) is 5.22. The van der Waals surface area contributed by atoms with Crippen LogP contribution in [0.2, 0.25) is 0 Å². The first-order chi connectivity index (χ1) is 4.68. The van der Waals surface area contributed by atoms with Gasteiger partial charge in [-0.05, 0) is 25.2 Å². The fourth-order valence-corrected chi connectivity index (χ4v) is 2.41. The first-order valence-electron chi connectivity index (χ1n) is 3.66. The van der Waals surface area contributed by atoms with Gasteiger partial charge in [0.25, 0.3) is 0 Å². The van der Waals surface area contributed by atoms with Crippen molar-refractivity contribution in [2.45, 2.75) is 25.3 Å². The van der Waals surface area contributed by atoms with Gasteiger partial charge in [-0.2, -0.15) is 0 Å². The summed E-state index contributed by atoms with van der Waals surface area (Å²) in [5.41, 5.74) is 5.63. The molecule has 4 heteroatoms. The summed E-state index contributed by atoms with van der Waals surface area (Å²) in [6, 6.07) is 0.284. The minimum Gasteiger partial charge on any atom is -0.346 e. The van der Waals surface area contributed by atoms with E-state index in [4.69, 9.17) is 10.6 Å². The molecule has 10 heavy (non-hydrogen) atoms. The lowest BCUT2D eigenvalue weighted by Gasteiger charge is -2.04. The lowest BCUT2D eigenvalue weighted by Crippen LogP contribution is -2.15. The summed E-state index contributed by atoms with van der Waals surface area (Å²) in [7, 11) is -2.25. The van der Waals surface area contributed by atoms with Crippen molar-refractivity contribution in [3.05, 3.63) is 0 Å². The molecule has 1 fully saturated rings. The van der Waals surface area contributed by atoms with Crippen LogP contribution in [0, 0.1) is 5.92 Å². The molecule has 0 spiro atoms. The Labute approximate surface area is 61.5 Å². The van der Waals surface area contributed by atoms with Crippen LogP contribution in [0.25, 0.3) is 0 Å². The van der Waals surface area contributed by atoms with Crippen LogP contribution in [-0.2, 0) is 4.57 Å². The Hall–Kier alpha value is 0.150. The van der Waals surface area contributed by atoms with Crippen molar-refractivity contribution in [1.29, 1.82) is 0 Å². The van der Waals surface area contributed by atoms with E-state index in [9.17, 15) is 4.57 Å². The fraction of sp³-hybridized carbons (Fsp3) is 1.00. The second-order valence-electron chi connectivity index (χ2n) is 3.04. The minimum absolute atomic E-state index is 0.284. The molecule has 1 aliphatic carbocycles. The van der Waals surface area contributed by atoms with E-state index in [1.807, 2.05) is 0 Å². The number of hydrogen-bond donors (Lipinski definition) is 2. The Morgan fingerprint density at radius 3 is 2.70 bits per heavy atom. The zero-order chi connectivity index (χ0) is 7.56. The van der Waals surface area contributed by atoms with Crippen molar-refractivity contribution in [1.82, 2.24) is 0 Å². The predicted octanol–water partition coefficient (Wildman–Crippen LogP) is 0.581. The Morgan fingerprint density at radius 1 is 1.60 bits per heavy atom. The van der Waals surface area contributed by atoms with Crippen molar-refractivity contribution >= 4 is 8.03 Å². The first kappa shape index (κ1) is 8.25. The number of nitrogens with two attached hydrogens (primary N) is 1. The summed E-state index contributed by atoms with van der Waals surface area (Å²) in [6.07, 6.45) is 3.49. The standard InChI is InChI=1S/C6H14NO2P/c7-6-2-1-5(3-6)4-10(8)9/h5-6,10H,1-4,7H2,(H,8,9). The molecule has 1 rings (SSSR count). The molecule has 0 aromatic rings. The van der Waals surface area contributed by atoms with Crippen molar-refractivity contribution in [3.8, 4) is 0 Å². The molecule has 0 bridgehead atoms. The van der Waals surface area contributed by atoms with Gasteiger partial charge in [0.2, 0.25) is 0 Å². The molecule has 3 unspecified atom stereocenters. The normalized spacial score (nSPS) is 36.2. The molecular formula is C6H14NO2P. The molecule has 1 saturated carbocycles. The van der Waals surface area contributed by atoms with E-state index in [-0.39, 0.29) is 6.04 Å². The van der Waals surface area contributed by atoms with Crippen LogP contribution in [0.4, 0.5) is 0 Å². The lowest BCUT2D eigenvalue weighted by atomic mass is 10.1. The fourth-order valence-electron chi connectivity index (χ4n) is 1.55. The van der Waals surface area contributed by atoms with Crippen molar-refractivity contribution in [2.75, 3.05) is 6.16 Å². The zero-order valence-corrected chi connectivity index (χ0v) is 6.92. The van der Waals surface area contributed by atoms with E-state index in [2.05, 4.69) is 0 Å². The van der Waals surface area contributed by atoms with Gasteiger partial charge in [0.1, 0.15) is 0 Å². The molecule has 3 N–H and O–H groups in total. The van der Waals surface area contributed by atoms with Gasteiger partial charge in [0.15, 0.2) is 8.03 Å². The van der Waals surface area contributed by atoms with Gasteiger partial charge in [-0.1, -0.05) is 0 Å². The maximum Gasteiger partial charge on any atom is 0.189 e. The number of rotatable bonds is 2. The summed E-state index contributed by atoms with van der Waals surface area (Å²) < 4.78 is 10.4. The van der Waals surface area contributed by atoms with Crippen LogP contribution >= 0.6 is 8.03 Å². The van der Waals surface area contributed by atoms with E-state index < -0.39 is 8.03 Å². The monoisotopic (exact) mass is 163 g/mol. The molecule has 0 aliphatic heterocycles. The highest BCUT2D eigenvalue weighted by atomic mass is 31.1. The molecule has 0 aromatic carbocycles. The van der Waals surface area contributed by atoms with E-state index in [0.717, 1.165) is 19.3 Å². The average Bonchev–Trinajstić information content (AvgIpc) is 2.13. The smallest absolute Gasteiger partial charge is 0.189 e. The third kappa shape index (κ3) is 2.41. The van der Waals surface area contributed by atoms with Crippen LogP contribution in [-0.4, -0.2) is 17.1 Å². The molecule has 0 aromatic heterocycles. The summed E-state index contributed by atoms with van der Waals surface area (Å²) in [4.78, 5) is 8.60. The average molecular weight is 163 g/mol. The minimum atomic E-state index is -2.25. The molecule has 1 aliphatic rings. The third-order valence-electron chi connectivity index (χ3n) is 2.05. The highest BCUT2D eigenvalue weighted by molar-refractivity contribution is 7.38. The molecule has 3 nitrogen and oxygen atoms in total. The highest BCUT2D eigenvalue weighted by Gasteiger charge is 2.22. The van der Waals surface area contributed by atoms with Gasteiger partial charge in [0.05, 0.1) is 0 Å². The van der Waals surface area contributed by atoms with E-state index in [1.165, 1.54) is 0 Å². The maximum absolute atomic E-state index is 10.4. The van der Waals surface area contributed by atoms with Crippen molar-refractivity contribution in [3.63, 3.8) is 0 Å². The topological polar surface area (TPSA) is 63.3 Å². The van der Waals surface area contributed by atoms with Gasteiger partial charge in [-0.15, -0.1) is 0 Å².